The second-order valence-electron chi connectivity index (χ2n) is 6.46. The van der Waals surface area contributed by atoms with Crippen LogP contribution >= 0.6 is 22.7 Å². The summed E-state index contributed by atoms with van der Waals surface area (Å²) in [5.74, 6) is 1.44. The number of methoxy groups -OCH3 is 1. The molecule has 0 bridgehead atoms. The number of benzene rings is 1. The number of carbonyl (C=O) groups excluding carboxylic acids is 1. The molecule has 30 heavy (non-hydrogen) atoms. The van der Waals surface area contributed by atoms with E-state index in [4.69, 9.17) is 4.74 Å². The summed E-state index contributed by atoms with van der Waals surface area (Å²) in [6.07, 6.45) is 0.214. The molecule has 0 aliphatic rings. The fourth-order valence-electron chi connectivity index (χ4n) is 2.83. The number of hydrogen-bond acceptors (Lipinski definition) is 8. The summed E-state index contributed by atoms with van der Waals surface area (Å²) in [5.41, 5.74) is 0.883. The zero-order valence-electron chi connectivity index (χ0n) is 16.4. The van der Waals surface area contributed by atoms with E-state index in [-0.39, 0.29) is 12.3 Å². The minimum absolute atomic E-state index is 0.162. The number of hydrogen-bond donors (Lipinski definition) is 2. The number of nitrogens with zero attached hydrogens (tertiary/aromatic N) is 3. The van der Waals surface area contributed by atoms with Crippen LogP contribution in [0.5, 0.6) is 5.75 Å². The van der Waals surface area contributed by atoms with E-state index < -0.39 is 0 Å². The molecule has 0 unspecified atom stereocenters. The summed E-state index contributed by atoms with van der Waals surface area (Å²) in [5, 5.41) is 14.9. The quantitative estimate of drug-likeness (QED) is 0.399. The van der Waals surface area contributed by atoms with Crippen LogP contribution in [0.25, 0.3) is 0 Å². The molecular formula is C21H21N5O2S2. The summed E-state index contributed by atoms with van der Waals surface area (Å²) in [4.78, 5) is 19.8. The lowest BCUT2D eigenvalue weighted by molar-refractivity contribution is 0.0901. The standard InChI is InChI=1S/C21H21N5O2S2/c1-28-16-8-6-15(7-9-16)12-19(27)26-21(23-14-18-5-3-11-30-18)24-20(25-26)22-13-17-4-2-10-29-17/h2-11H,12-14H2,1H3,(H2,22,23,24,25). The van der Waals surface area contributed by atoms with Gasteiger partial charge in [0.25, 0.3) is 5.91 Å². The molecule has 1 aromatic carbocycles. The summed E-state index contributed by atoms with van der Waals surface area (Å²) < 4.78 is 6.52. The SMILES string of the molecule is COc1ccc(CC(=O)n2nc(NCc3cccs3)nc2NCc2cccs2)cc1. The van der Waals surface area contributed by atoms with Gasteiger partial charge in [0.05, 0.1) is 26.6 Å². The van der Waals surface area contributed by atoms with Gasteiger partial charge in [0.2, 0.25) is 11.9 Å². The second kappa shape index (κ2) is 9.55. The third-order valence-electron chi connectivity index (χ3n) is 4.36. The lowest BCUT2D eigenvalue weighted by Crippen LogP contribution is -2.18. The van der Waals surface area contributed by atoms with Crippen molar-refractivity contribution in [3.63, 3.8) is 0 Å². The topological polar surface area (TPSA) is 81.1 Å². The Kier molecular flexibility index (Phi) is 6.41. The van der Waals surface area contributed by atoms with E-state index in [0.717, 1.165) is 16.2 Å². The first-order valence-corrected chi connectivity index (χ1v) is 11.1. The Morgan fingerprint density at radius 2 is 1.67 bits per heavy atom. The molecule has 9 heteroatoms. The lowest BCUT2D eigenvalue weighted by atomic mass is 10.1. The third-order valence-corrected chi connectivity index (χ3v) is 6.11. The molecule has 3 aromatic heterocycles. The number of nitrogens with one attached hydrogen (secondary N) is 2. The molecule has 0 saturated carbocycles. The summed E-state index contributed by atoms with van der Waals surface area (Å²) in [6.45, 7) is 1.19. The highest BCUT2D eigenvalue weighted by atomic mass is 32.1. The van der Waals surface area contributed by atoms with Crippen molar-refractivity contribution in [1.82, 2.24) is 14.8 Å². The molecule has 4 rings (SSSR count). The van der Waals surface area contributed by atoms with Gasteiger partial charge in [-0.15, -0.1) is 27.8 Å². The molecule has 154 valence electrons. The van der Waals surface area contributed by atoms with Crippen molar-refractivity contribution in [2.24, 2.45) is 0 Å². The van der Waals surface area contributed by atoms with Crippen molar-refractivity contribution < 1.29 is 9.53 Å². The highest BCUT2D eigenvalue weighted by Crippen LogP contribution is 2.17. The van der Waals surface area contributed by atoms with Crippen LogP contribution in [-0.2, 0) is 19.5 Å². The fraction of sp³-hybridized carbons (Fsp3) is 0.190. The van der Waals surface area contributed by atoms with E-state index in [1.807, 2.05) is 59.3 Å². The van der Waals surface area contributed by atoms with E-state index in [1.54, 1.807) is 29.8 Å². The molecule has 4 aromatic rings. The summed E-state index contributed by atoms with van der Waals surface area (Å²) in [6, 6.07) is 15.5. The van der Waals surface area contributed by atoms with Crippen molar-refractivity contribution in [2.75, 3.05) is 17.7 Å². The number of anilines is 2. The van der Waals surface area contributed by atoms with Crippen LogP contribution in [0.2, 0.25) is 0 Å². The van der Waals surface area contributed by atoms with Crippen molar-refractivity contribution in [2.45, 2.75) is 19.5 Å². The summed E-state index contributed by atoms with van der Waals surface area (Å²) >= 11 is 3.30. The largest absolute Gasteiger partial charge is 0.497 e. The van der Waals surface area contributed by atoms with Gasteiger partial charge in [-0.2, -0.15) is 9.67 Å². The van der Waals surface area contributed by atoms with E-state index >= 15 is 0 Å². The van der Waals surface area contributed by atoms with Gasteiger partial charge in [0.1, 0.15) is 5.75 Å². The average Bonchev–Trinajstić information content (AvgIpc) is 3.53. The molecule has 7 nitrogen and oxygen atoms in total. The van der Waals surface area contributed by atoms with Crippen molar-refractivity contribution in [3.8, 4) is 5.75 Å². The smallest absolute Gasteiger partial charge is 0.254 e. The fourth-order valence-corrected chi connectivity index (χ4v) is 4.12. The Hall–Kier alpha value is -3.17. The second-order valence-corrected chi connectivity index (χ2v) is 8.52. The van der Waals surface area contributed by atoms with E-state index in [9.17, 15) is 4.79 Å². The molecule has 3 heterocycles. The molecule has 0 fully saturated rings. The maximum Gasteiger partial charge on any atom is 0.254 e. The number of ether oxygens (including phenoxy) is 1. The molecular weight excluding hydrogens is 418 g/mol. The van der Waals surface area contributed by atoms with Crippen LogP contribution in [0.3, 0.4) is 0 Å². The lowest BCUT2D eigenvalue weighted by Gasteiger charge is -2.07. The normalized spacial score (nSPS) is 10.7. The predicted octanol–water partition coefficient (Wildman–Crippen LogP) is 4.52. The minimum Gasteiger partial charge on any atom is -0.497 e. The van der Waals surface area contributed by atoms with Gasteiger partial charge in [-0.1, -0.05) is 24.3 Å². The molecule has 0 aliphatic heterocycles. The molecule has 0 amide bonds. The number of aromatic nitrogens is 3. The first kappa shape index (κ1) is 20.1. The highest BCUT2D eigenvalue weighted by Gasteiger charge is 2.17. The van der Waals surface area contributed by atoms with Gasteiger partial charge < -0.3 is 15.4 Å². The molecule has 0 radical (unpaired) electrons. The summed E-state index contributed by atoms with van der Waals surface area (Å²) in [7, 11) is 1.62. The van der Waals surface area contributed by atoms with Crippen molar-refractivity contribution >= 4 is 40.5 Å². The third kappa shape index (κ3) is 5.05. The van der Waals surface area contributed by atoms with Crippen LogP contribution in [0, 0.1) is 0 Å². The average molecular weight is 440 g/mol. The number of carbonyl (C=O) groups is 1. The van der Waals surface area contributed by atoms with Gasteiger partial charge in [-0.25, -0.2) is 0 Å². The highest BCUT2D eigenvalue weighted by molar-refractivity contribution is 7.10. The van der Waals surface area contributed by atoms with Crippen LogP contribution in [-0.4, -0.2) is 27.8 Å². The Bertz CT molecular complexity index is 1070. The van der Waals surface area contributed by atoms with Crippen molar-refractivity contribution in [3.05, 3.63) is 74.6 Å². The molecule has 0 atom stereocenters. The predicted molar refractivity (Wildman–Crippen MR) is 121 cm³/mol. The molecule has 0 spiro atoms. The van der Waals surface area contributed by atoms with E-state index in [2.05, 4.69) is 20.7 Å². The number of rotatable bonds is 9. The number of thiophene rings is 2. The Labute approximate surface area is 182 Å². The van der Waals surface area contributed by atoms with E-state index in [0.29, 0.717) is 25.0 Å². The van der Waals surface area contributed by atoms with Crippen molar-refractivity contribution in [1.29, 1.82) is 0 Å². The van der Waals surface area contributed by atoms with Gasteiger partial charge in [0, 0.05) is 9.75 Å². The Morgan fingerprint density at radius 1 is 1.00 bits per heavy atom. The molecule has 0 aliphatic carbocycles. The Morgan fingerprint density at radius 3 is 2.27 bits per heavy atom. The van der Waals surface area contributed by atoms with Gasteiger partial charge in [-0.3, -0.25) is 4.79 Å². The van der Waals surface area contributed by atoms with Gasteiger partial charge in [0.15, 0.2) is 0 Å². The molecule has 2 N–H and O–H groups in total. The van der Waals surface area contributed by atoms with Crippen LogP contribution in [0.4, 0.5) is 11.9 Å². The van der Waals surface area contributed by atoms with Gasteiger partial charge >= 0.3 is 0 Å². The first-order valence-electron chi connectivity index (χ1n) is 9.37. The minimum atomic E-state index is -0.162. The van der Waals surface area contributed by atoms with Gasteiger partial charge in [-0.05, 0) is 40.6 Å². The zero-order valence-corrected chi connectivity index (χ0v) is 18.0. The van der Waals surface area contributed by atoms with E-state index in [1.165, 1.54) is 9.56 Å². The maximum absolute atomic E-state index is 13.0. The van der Waals surface area contributed by atoms with Crippen LogP contribution in [0.1, 0.15) is 20.1 Å². The first-order chi connectivity index (χ1) is 14.7. The maximum atomic E-state index is 13.0. The Balaban J connectivity index is 1.50. The van der Waals surface area contributed by atoms with Crippen LogP contribution < -0.4 is 15.4 Å². The molecule has 0 saturated heterocycles. The zero-order chi connectivity index (χ0) is 20.8. The van der Waals surface area contributed by atoms with Crippen LogP contribution in [0.15, 0.2) is 59.3 Å². The monoisotopic (exact) mass is 439 g/mol.